The standard InChI is InChI=1S/C19H25NO7S/c1-6-14-15(8-7-10(2)20-14)27-19-18(26-13(5)23)17(25-12(4)22)16(9-28-19)24-11(3)21/h7-8,16-19H,6,9H2,1-5H3/t16-,17+,18-,19+/m1/s1. The Morgan fingerprint density at radius 3 is 2.21 bits per heavy atom. The van der Waals surface area contributed by atoms with Crippen molar-refractivity contribution in [3.05, 3.63) is 23.5 Å². The fourth-order valence-electron chi connectivity index (χ4n) is 2.89. The molecule has 0 amide bonds. The van der Waals surface area contributed by atoms with Gasteiger partial charge in [-0.3, -0.25) is 19.4 Å². The van der Waals surface area contributed by atoms with E-state index in [1.807, 2.05) is 26.0 Å². The van der Waals surface area contributed by atoms with Crippen molar-refractivity contribution < 1.29 is 33.3 Å². The van der Waals surface area contributed by atoms with Crippen molar-refractivity contribution in [3.63, 3.8) is 0 Å². The first-order valence-electron chi connectivity index (χ1n) is 8.97. The second-order valence-electron chi connectivity index (χ2n) is 6.37. The van der Waals surface area contributed by atoms with Gasteiger partial charge in [-0.2, -0.15) is 0 Å². The van der Waals surface area contributed by atoms with Crippen LogP contribution in [0.5, 0.6) is 5.75 Å². The van der Waals surface area contributed by atoms with Crippen molar-refractivity contribution in [2.24, 2.45) is 0 Å². The number of carbonyl (C=O) groups excluding carboxylic acids is 3. The summed E-state index contributed by atoms with van der Waals surface area (Å²) < 4.78 is 22.2. The summed E-state index contributed by atoms with van der Waals surface area (Å²) >= 11 is 1.32. The van der Waals surface area contributed by atoms with Crippen molar-refractivity contribution in [2.75, 3.05) is 5.75 Å². The van der Waals surface area contributed by atoms with E-state index in [1.54, 1.807) is 0 Å². The maximum absolute atomic E-state index is 11.7. The van der Waals surface area contributed by atoms with Gasteiger partial charge in [-0.1, -0.05) is 6.92 Å². The Morgan fingerprint density at radius 1 is 1.04 bits per heavy atom. The van der Waals surface area contributed by atoms with Gasteiger partial charge in [0.2, 0.25) is 0 Å². The van der Waals surface area contributed by atoms with Gasteiger partial charge in [-0.25, -0.2) is 0 Å². The molecule has 28 heavy (non-hydrogen) atoms. The molecule has 154 valence electrons. The van der Waals surface area contributed by atoms with Gasteiger partial charge in [0.15, 0.2) is 23.7 Å². The predicted octanol–water partition coefficient (Wildman–Crippen LogP) is 2.20. The van der Waals surface area contributed by atoms with E-state index in [1.165, 1.54) is 32.5 Å². The van der Waals surface area contributed by atoms with Gasteiger partial charge in [-0.05, 0) is 25.5 Å². The van der Waals surface area contributed by atoms with Crippen LogP contribution in [-0.4, -0.2) is 52.4 Å². The molecule has 1 aromatic rings. The number of aryl methyl sites for hydroxylation is 2. The highest BCUT2D eigenvalue weighted by molar-refractivity contribution is 7.99. The molecule has 1 saturated heterocycles. The monoisotopic (exact) mass is 411 g/mol. The van der Waals surface area contributed by atoms with Crippen LogP contribution in [0.25, 0.3) is 0 Å². The van der Waals surface area contributed by atoms with Crippen molar-refractivity contribution in [1.29, 1.82) is 0 Å². The maximum atomic E-state index is 11.7. The molecule has 0 aromatic carbocycles. The minimum Gasteiger partial charge on any atom is -0.474 e. The smallest absolute Gasteiger partial charge is 0.303 e. The summed E-state index contributed by atoms with van der Waals surface area (Å²) in [5.41, 5.74) is 0.980. The van der Waals surface area contributed by atoms with Crippen LogP contribution in [0.1, 0.15) is 39.1 Å². The highest BCUT2D eigenvalue weighted by Gasteiger charge is 2.47. The van der Waals surface area contributed by atoms with E-state index in [0.717, 1.165) is 11.4 Å². The molecule has 1 aliphatic rings. The van der Waals surface area contributed by atoms with Crippen LogP contribution < -0.4 is 4.74 Å². The Bertz CT molecular complexity index is 739. The van der Waals surface area contributed by atoms with Gasteiger partial charge in [-0.15, -0.1) is 11.8 Å². The summed E-state index contributed by atoms with van der Waals surface area (Å²) in [5.74, 6) is -0.760. The molecule has 0 aliphatic carbocycles. The highest BCUT2D eigenvalue weighted by atomic mass is 32.2. The molecule has 9 heteroatoms. The molecule has 2 heterocycles. The number of nitrogens with zero attached hydrogens (tertiary/aromatic N) is 1. The molecule has 0 saturated carbocycles. The summed E-state index contributed by atoms with van der Waals surface area (Å²) in [5, 5.41) is 0. The third-order valence-electron chi connectivity index (χ3n) is 3.95. The lowest BCUT2D eigenvalue weighted by Gasteiger charge is -2.40. The quantitative estimate of drug-likeness (QED) is 0.515. The average Bonchev–Trinajstić information content (AvgIpc) is 2.60. The Kier molecular flexibility index (Phi) is 7.68. The van der Waals surface area contributed by atoms with E-state index < -0.39 is 41.7 Å². The minimum absolute atomic E-state index is 0.320. The van der Waals surface area contributed by atoms with E-state index in [9.17, 15) is 14.4 Å². The zero-order valence-electron chi connectivity index (χ0n) is 16.6. The molecule has 1 aliphatic heterocycles. The molecule has 1 fully saturated rings. The zero-order valence-corrected chi connectivity index (χ0v) is 17.4. The number of hydrogen-bond donors (Lipinski definition) is 0. The van der Waals surface area contributed by atoms with Crippen LogP contribution in [0.15, 0.2) is 12.1 Å². The summed E-state index contributed by atoms with van der Waals surface area (Å²) in [6, 6.07) is 3.64. The number of carbonyl (C=O) groups is 3. The fourth-order valence-corrected chi connectivity index (χ4v) is 4.10. The number of ether oxygens (including phenoxy) is 4. The number of hydrogen-bond acceptors (Lipinski definition) is 9. The van der Waals surface area contributed by atoms with Crippen molar-refractivity contribution >= 4 is 29.7 Å². The van der Waals surface area contributed by atoms with E-state index >= 15 is 0 Å². The number of rotatable bonds is 6. The zero-order chi connectivity index (χ0) is 20.8. The number of thioether (sulfide) groups is 1. The molecular formula is C19H25NO7S. The molecule has 0 N–H and O–H groups in total. The topological polar surface area (TPSA) is 101 Å². The second-order valence-corrected chi connectivity index (χ2v) is 7.50. The van der Waals surface area contributed by atoms with Gasteiger partial charge >= 0.3 is 17.9 Å². The van der Waals surface area contributed by atoms with E-state index in [4.69, 9.17) is 18.9 Å². The van der Waals surface area contributed by atoms with Crippen LogP contribution in [0.3, 0.4) is 0 Å². The van der Waals surface area contributed by atoms with Crippen LogP contribution in [0.2, 0.25) is 0 Å². The Morgan fingerprint density at radius 2 is 1.64 bits per heavy atom. The molecule has 4 atom stereocenters. The molecule has 0 bridgehead atoms. The lowest BCUT2D eigenvalue weighted by molar-refractivity contribution is -0.186. The summed E-state index contributed by atoms with van der Waals surface area (Å²) in [4.78, 5) is 39.2. The largest absolute Gasteiger partial charge is 0.474 e. The highest BCUT2D eigenvalue weighted by Crippen LogP contribution is 2.35. The maximum Gasteiger partial charge on any atom is 0.303 e. The third kappa shape index (κ3) is 5.85. The Hall–Kier alpha value is -2.29. The lowest BCUT2D eigenvalue weighted by atomic mass is 10.1. The van der Waals surface area contributed by atoms with Crippen LogP contribution in [0, 0.1) is 6.92 Å². The van der Waals surface area contributed by atoms with E-state index in [-0.39, 0.29) is 0 Å². The molecule has 0 radical (unpaired) electrons. The molecule has 0 unspecified atom stereocenters. The SMILES string of the molecule is CCc1nc(C)ccc1O[C@H]1SC[C@@H](OC(C)=O)[C@H](OC(C)=O)[C@H]1OC(C)=O. The normalized spacial score (nSPS) is 24.2. The van der Waals surface area contributed by atoms with Gasteiger partial charge < -0.3 is 18.9 Å². The van der Waals surface area contributed by atoms with Gasteiger partial charge in [0.1, 0.15) is 5.75 Å². The van der Waals surface area contributed by atoms with Gasteiger partial charge in [0.25, 0.3) is 0 Å². The number of aromatic nitrogens is 1. The summed E-state index contributed by atoms with van der Waals surface area (Å²) in [6.07, 6.45) is -2.01. The average molecular weight is 411 g/mol. The molecular weight excluding hydrogens is 386 g/mol. The first-order chi connectivity index (χ1) is 13.2. The molecule has 2 rings (SSSR count). The predicted molar refractivity (Wildman–Crippen MR) is 102 cm³/mol. The summed E-state index contributed by atoms with van der Waals surface area (Å²) in [6.45, 7) is 7.62. The number of esters is 3. The first kappa shape index (κ1) is 22.0. The minimum atomic E-state index is -0.972. The number of pyridine rings is 1. The Balaban J connectivity index is 2.33. The van der Waals surface area contributed by atoms with Crippen molar-refractivity contribution in [2.45, 2.75) is 64.8 Å². The first-order valence-corrected chi connectivity index (χ1v) is 10.0. The molecule has 0 spiro atoms. The van der Waals surface area contributed by atoms with Gasteiger partial charge in [0.05, 0.1) is 5.69 Å². The van der Waals surface area contributed by atoms with Crippen LogP contribution in [-0.2, 0) is 35.0 Å². The second kappa shape index (κ2) is 9.77. The van der Waals surface area contributed by atoms with Crippen molar-refractivity contribution in [3.8, 4) is 5.75 Å². The van der Waals surface area contributed by atoms with Crippen molar-refractivity contribution in [1.82, 2.24) is 4.98 Å². The van der Waals surface area contributed by atoms with E-state index in [0.29, 0.717) is 17.9 Å². The molecule has 1 aromatic heterocycles. The van der Waals surface area contributed by atoms with Gasteiger partial charge in [0, 0.05) is 32.2 Å². The Labute approximate surface area is 168 Å². The fraction of sp³-hybridized carbons (Fsp3) is 0.579. The van der Waals surface area contributed by atoms with E-state index in [2.05, 4.69) is 4.98 Å². The van der Waals surface area contributed by atoms with Crippen LogP contribution in [0.4, 0.5) is 0 Å². The van der Waals surface area contributed by atoms with Crippen LogP contribution >= 0.6 is 11.8 Å². The third-order valence-corrected chi connectivity index (χ3v) is 5.17. The lowest BCUT2D eigenvalue weighted by Crippen LogP contribution is -2.55. The summed E-state index contributed by atoms with van der Waals surface area (Å²) in [7, 11) is 0. The molecule has 8 nitrogen and oxygen atoms in total.